The predicted molar refractivity (Wildman–Crippen MR) is 60.9 cm³/mol. The van der Waals surface area contributed by atoms with Gasteiger partial charge in [0.2, 0.25) is 0 Å². The highest BCUT2D eigenvalue weighted by molar-refractivity contribution is 7.00. The first-order chi connectivity index (χ1) is 6.74. The van der Waals surface area contributed by atoms with E-state index in [4.69, 9.17) is 0 Å². The molecule has 2 rings (SSSR count). The number of hydrogen-bond acceptors (Lipinski definition) is 3. The van der Waals surface area contributed by atoms with Gasteiger partial charge >= 0.3 is 0 Å². The molecular formula is C11H14N2S. The van der Waals surface area contributed by atoms with E-state index in [0.29, 0.717) is 5.92 Å². The molecule has 0 N–H and O–H groups in total. The van der Waals surface area contributed by atoms with Crippen molar-refractivity contribution in [3.8, 4) is 0 Å². The summed E-state index contributed by atoms with van der Waals surface area (Å²) in [7, 11) is 0. The molecular weight excluding hydrogens is 192 g/mol. The smallest absolute Gasteiger partial charge is 0.108 e. The van der Waals surface area contributed by atoms with Crippen molar-refractivity contribution >= 4 is 22.8 Å². The first-order valence-electron chi connectivity index (χ1n) is 4.95. The van der Waals surface area contributed by atoms with E-state index in [9.17, 15) is 0 Å². The van der Waals surface area contributed by atoms with Crippen LogP contribution >= 0.6 is 11.7 Å². The number of fused-ring (bicyclic) bond motifs is 1. The SMILES string of the molecule is CCC(C)c1ccc(C)c2nsnc12. The Balaban J connectivity index is 2.66. The van der Waals surface area contributed by atoms with Crippen LogP contribution in [0.3, 0.4) is 0 Å². The van der Waals surface area contributed by atoms with Crippen molar-refractivity contribution < 1.29 is 0 Å². The summed E-state index contributed by atoms with van der Waals surface area (Å²) in [5, 5.41) is 0. The van der Waals surface area contributed by atoms with Crippen molar-refractivity contribution in [2.75, 3.05) is 0 Å². The topological polar surface area (TPSA) is 25.8 Å². The lowest BCUT2D eigenvalue weighted by atomic mass is 9.96. The Morgan fingerprint density at radius 3 is 2.71 bits per heavy atom. The Labute approximate surface area is 88.3 Å². The maximum Gasteiger partial charge on any atom is 0.108 e. The van der Waals surface area contributed by atoms with E-state index in [1.807, 2.05) is 0 Å². The Morgan fingerprint density at radius 2 is 2.00 bits per heavy atom. The fraction of sp³-hybridized carbons (Fsp3) is 0.455. The molecule has 1 atom stereocenters. The Bertz CT molecular complexity index is 447. The van der Waals surface area contributed by atoms with E-state index < -0.39 is 0 Å². The molecule has 0 saturated carbocycles. The number of nitrogens with zero attached hydrogens (tertiary/aromatic N) is 2. The lowest BCUT2D eigenvalue weighted by molar-refractivity contribution is 0.738. The van der Waals surface area contributed by atoms with Gasteiger partial charge in [0.25, 0.3) is 0 Å². The van der Waals surface area contributed by atoms with Crippen LogP contribution < -0.4 is 0 Å². The van der Waals surface area contributed by atoms with Crippen LogP contribution in [0.15, 0.2) is 12.1 Å². The molecule has 74 valence electrons. The molecule has 14 heavy (non-hydrogen) atoms. The molecule has 1 unspecified atom stereocenters. The molecule has 0 fully saturated rings. The van der Waals surface area contributed by atoms with Crippen molar-refractivity contribution in [3.05, 3.63) is 23.3 Å². The van der Waals surface area contributed by atoms with Crippen molar-refractivity contribution in [2.24, 2.45) is 0 Å². The average Bonchev–Trinajstić information content (AvgIpc) is 2.67. The predicted octanol–water partition coefficient (Wildman–Crippen LogP) is 3.51. The highest BCUT2D eigenvalue weighted by atomic mass is 32.1. The standard InChI is InChI=1S/C11H14N2S/c1-4-7(2)9-6-5-8(3)10-11(9)13-14-12-10/h5-7H,4H2,1-3H3. The van der Waals surface area contributed by atoms with Crippen LogP contribution in [0.25, 0.3) is 11.0 Å². The fourth-order valence-electron chi connectivity index (χ4n) is 1.63. The largest absolute Gasteiger partial charge is 0.173 e. The summed E-state index contributed by atoms with van der Waals surface area (Å²) in [5.74, 6) is 0.571. The summed E-state index contributed by atoms with van der Waals surface area (Å²) in [6.45, 7) is 6.53. The van der Waals surface area contributed by atoms with Crippen LogP contribution in [-0.4, -0.2) is 8.75 Å². The zero-order valence-electron chi connectivity index (χ0n) is 8.74. The molecule has 0 bridgehead atoms. The lowest BCUT2D eigenvalue weighted by Gasteiger charge is -2.09. The van der Waals surface area contributed by atoms with Crippen molar-refractivity contribution in [2.45, 2.75) is 33.1 Å². The van der Waals surface area contributed by atoms with Crippen LogP contribution in [0, 0.1) is 6.92 Å². The second kappa shape index (κ2) is 3.65. The molecule has 1 aromatic heterocycles. The van der Waals surface area contributed by atoms with Crippen LogP contribution in [0.4, 0.5) is 0 Å². The van der Waals surface area contributed by atoms with Gasteiger partial charge in [0.15, 0.2) is 0 Å². The number of benzene rings is 1. The van der Waals surface area contributed by atoms with E-state index in [1.54, 1.807) is 0 Å². The molecule has 0 radical (unpaired) electrons. The summed E-state index contributed by atoms with van der Waals surface area (Å²) >= 11 is 1.31. The van der Waals surface area contributed by atoms with Gasteiger partial charge in [-0.3, -0.25) is 0 Å². The minimum Gasteiger partial charge on any atom is -0.173 e. The minimum absolute atomic E-state index is 0.571. The van der Waals surface area contributed by atoms with Gasteiger partial charge in [-0.2, -0.15) is 8.75 Å². The average molecular weight is 206 g/mol. The number of aromatic nitrogens is 2. The third-order valence-corrected chi connectivity index (χ3v) is 3.32. The molecule has 0 aliphatic rings. The first-order valence-corrected chi connectivity index (χ1v) is 5.68. The van der Waals surface area contributed by atoms with Crippen LogP contribution in [0.2, 0.25) is 0 Å². The molecule has 2 nitrogen and oxygen atoms in total. The van der Waals surface area contributed by atoms with E-state index in [0.717, 1.165) is 17.5 Å². The van der Waals surface area contributed by atoms with Crippen molar-refractivity contribution in [3.63, 3.8) is 0 Å². The molecule has 1 aromatic carbocycles. The van der Waals surface area contributed by atoms with Gasteiger partial charge in [-0.1, -0.05) is 26.0 Å². The normalized spacial score (nSPS) is 13.4. The van der Waals surface area contributed by atoms with E-state index in [2.05, 4.69) is 41.7 Å². The summed E-state index contributed by atoms with van der Waals surface area (Å²) < 4.78 is 8.71. The summed E-state index contributed by atoms with van der Waals surface area (Å²) in [5.41, 5.74) is 4.74. The summed E-state index contributed by atoms with van der Waals surface area (Å²) in [6.07, 6.45) is 1.15. The molecule has 0 spiro atoms. The zero-order chi connectivity index (χ0) is 10.1. The Kier molecular flexibility index (Phi) is 2.50. The van der Waals surface area contributed by atoms with Crippen LogP contribution in [-0.2, 0) is 0 Å². The Hall–Kier alpha value is -0.960. The van der Waals surface area contributed by atoms with Crippen molar-refractivity contribution in [1.82, 2.24) is 8.75 Å². The second-order valence-corrected chi connectivity index (χ2v) is 4.27. The molecule has 0 saturated heterocycles. The quantitative estimate of drug-likeness (QED) is 0.751. The van der Waals surface area contributed by atoms with Gasteiger partial charge in [-0.15, -0.1) is 0 Å². The van der Waals surface area contributed by atoms with Crippen LogP contribution in [0.5, 0.6) is 0 Å². The van der Waals surface area contributed by atoms with Gasteiger partial charge in [0.1, 0.15) is 11.0 Å². The van der Waals surface area contributed by atoms with Gasteiger partial charge < -0.3 is 0 Å². The maximum atomic E-state index is 4.38. The number of hydrogen-bond donors (Lipinski definition) is 0. The van der Waals surface area contributed by atoms with Gasteiger partial charge in [0.05, 0.1) is 11.7 Å². The first kappa shape index (κ1) is 9.59. The number of rotatable bonds is 2. The maximum absolute atomic E-state index is 4.38. The molecule has 0 aliphatic carbocycles. The van der Waals surface area contributed by atoms with Crippen molar-refractivity contribution in [1.29, 1.82) is 0 Å². The summed E-state index contributed by atoms with van der Waals surface area (Å²) in [4.78, 5) is 0. The molecule has 1 heterocycles. The highest BCUT2D eigenvalue weighted by Crippen LogP contribution is 2.27. The van der Waals surface area contributed by atoms with Gasteiger partial charge in [0, 0.05) is 0 Å². The molecule has 2 aromatic rings. The van der Waals surface area contributed by atoms with E-state index in [1.165, 1.54) is 22.9 Å². The van der Waals surface area contributed by atoms with Gasteiger partial charge in [-0.05, 0) is 30.4 Å². The molecule has 0 amide bonds. The fourth-order valence-corrected chi connectivity index (χ4v) is 2.25. The lowest BCUT2D eigenvalue weighted by Crippen LogP contribution is -1.93. The second-order valence-electron chi connectivity index (χ2n) is 3.74. The minimum atomic E-state index is 0.571. The van der Waals surface area contributed by atoms with E-state index in [-0.39, 0.29) is 0 Å². The zero-order valence-corrected chi connectivity index (χ0v) is 9.56. The van der Waals surface area contributed by atoms with E-state index >= 15 is 0 Å². The van der Waals surface area contributed by atoms with Gasteiger partial charge in [-0.25, -0.2) is 0 Å². The third kappa shape index (κ3) is 1.42. The molecule has 0 aliphatic heterocycles. The highest BCUT2D eigenvalue weighted by Gasteiger charge is 2.11. The molecule has 3 heteroatoms. The Morgan fingerprint density at radius 1 is 1.29 bits per heavy atom. The monoisotopic (exact) mass is 206 g/mol. The van der Waals surface area contributed by atoms with Crippen LogP contribution in [0.1, 0.15) is 37.3 Å². The third-order valence-electron chi connectivity index (χ3n) is 2.79. The summed E-state index contributed by atoms with van der Waals surface area (Å²) in [6, 6.07) is 4.33. The number of aryl methyl sites for hydroxylation is 1.